The summed E-state index contributed by atoms with van der Waals surface area (Å²) >= 11 is 0. The molecule has 6 nitrogen and oxygen atoms in total. The standard InChI is InChI=1S/C10H19NO2.C7H13NO2/c1-7(2)9(11(5)6-12)10(13)8(3)4;1-6-3-4-8(5-6)7(9)10-2/h6-9H,1-5H3;6H,3-5H2,1-2H3/t9-;6-/m01/s1. The van der Waals surface area contributed by atoms with Crippen LogP contribution in [0, 0.1) is 17.8 Å². The van der Waals surface area contributed by atoms with Crippen LogP contribution in [-0.4, -0.2) is 61.4 Å². The normalized spacial score (nSPS) is 18.3. The molecule has 1 rings (SSSR count). The van der Waals surface area contributed by atoms with Crippen LogP contribution in [0.25, 0.3) is 0 Å². The van der Waals surface area contributed by atoms with Gasteiger partial charge < -0.3 is 14.5 Å². The summed E-state index contributed by atoms with van der Waals surface area (Å²) in [5.74, 6) is 0.920. The summed E-state index contributed by atoms with van der Waals surface area (Å²) in [6.45, 7) is 11.5. The van der Waals surface area contributed by atoms with E-state index in [0.717, 1.165) is 19.5 Å². The van der Waals surface area contributed by atoms with Crippen LogP contribution in [0.3, 0.4) is 0 Å². The number of methoxy groups -OCH3 is 1. The van der Waals surface area contributed by atoms with Gasteiger partial charge in [0, 0.05) is 26.1 Å². The number of ketones is 1. The van der Waals surface area contributed by atoms with Gasteiger partial charge in [-0.25, -0.2) is 4.79 Å². The van der Waals surface area contributed by atoms with Gasteiger partial charge in [0.25, 0.3) is 0 Å². The Labute approximate surface area is 140 Å². The minimum absolute atomic E-state index is 0.0187. The van der Waals surface area contributed by atoms with Crippen LogP contribution in [-0.2, 0) is 14.3 Å². The summed E-state index contributed by atoms with van der Waals surface area (Å²) in [5, 5.41) is 0. The molecule has 23 heavy (non-hydrogen) atoms. The Hall–Kier alpha value is -1.59. The van der Waals surface area contributed by atoms with Gasteiger partial charge in [0.2, 0.25) is 6.41 Å². The number of nitrogens with zero attached hydrogens (tertiary/aromatic N) is 2. The molecule has 0 N–H and O–H groups in total. The molecule has 2 amide bonds. The molecular formula is C17H32N2O4. The highest BCUT2D eigenvalue weighted by Gasteiger charge is 2.27. The Morgan fingerprint density at radius 2 is 1.83 bits per heavy atom. The van der Waals surface area contributed by atoms with Crippen LogP contribution in [0.1, 0.15) is 41.0 Å². The Morgan fingerprint density at radius 3 is 2.13 bits per heavy atom. The third-order valence-corrected chi connectivity index (χ3v) is 3.95. The maximum atomic E-state index is 11.7. The Kier molecular flexibility index (Phi) is 9.53. The maximum Gasteiger partial charge on any atom is 0.409 e. The molecule has 0 bridgehead atoms. The predicted molar refractivity (Wildman–Crippen MR) is 90.1 cm³/mol. The molecule has 134 valence electrons. The van der Waals surface area contributed by atoms with Crippen LogP contribution in [0.2, 0.25) is 0 Å². The fourth-order valence-electron chi connectivity index (χ4n) is 2.64. The number of hydrogen-bond acceptors (Lipinski definition) is 4. The van der Waals surface area contributed by atoms with Crippen molar-refractivity contribution in [2.24, 2.45) is 17.8 Å². The van der Waals surface area contributed by atoms with E-state index in [0.29, 0.717) is 12.3 Å². The first-order valence-electron chi connectivity index (χ1n) is 8.19. The molecule has 0 saturated carbocycles. The number of hydrogen-bond donors (Lipinski definition) is 0. The Morgan fingerprint density at radius 1 is 1.26 bits per heavy atom. The SMILES string of the molecule is CC(C)C(=O)[C@H](C(C)C)N(C)C=O.COC(=O)N1CC[C@@H](C)C1. The van der Waals surface area contributed by atoms with Crippen molar-refractivity contribution in [3.63, 3.8) is 0 Å². The number of ether oxygens (including phenoxy) is 1. The molecule has 0 radical (unpaired) electrons. The zero-order valence-electron chi connectivity index (χ0n) is 15.5. The highest BCUT2D eigenvalue weighted by molar-refractivity contribution is 5.87. The van der Waals surface area contributed by atoms with E-state index >= 15 is 0 Å². The van der Waals surface area contributed by atoms with Crippen LogP contribution < -0.4 is 0 Å². The summed E-state index contributed by atoms with van der Waals surface area (Å²) in [7, 11) is 3.07. The second kappa shape index (κ2) is 10.2. The first-order chi connectivity index (χ1) is 10.6. The van der Waals surface area contributed by atoms with Crippen LogP contribution in [0.5, 0.6) is 0 Å². The lowest BCUT2D eigenvalue weighted by molar-refractivity contribution is -0.134. The van der Waals surface area contributed by atoms with Gasteiger partial charge in [0.1, 0.15) is 0 Å². The minimum Gasteiger partial charge on any atom is -0.453 e. The van der Waals surface area contributed by atoms with Crippen molar-refractivity contribution in [1.29, 1.82) is 0 Å². The first kappa shape index (κ1) is 21.4. The second-order valence-electron chi connectivity index (χ2n) is 6.83. The van der Waals surface area contributed by atoms with Gasteiger partial charge in [-0.1, -0.05) is 34.6 Å². The van der Waals surface area contributed by atoms with Crippen LogP contribution in [0.15, 0.2) is 0 Å². The maximum absolute atomic E-state index is 11.7. The second-order valence-corrected chi connectivity index (χ2v) is 6.83. The molecule has 1 aliphatic rings. The van der Waals surface area contributed by atoms with Gasteiger partial charge >= 0.3 is 6.09 Å². The summed E-state index contributed by atoms with van der Waals surface area (Å²) in [6.07, 6.45) is 1.63. The van der Waals surface area contributed by atoms with Crippen molar-refractivity contribution in [1.82, 2.24) is 9.80 Å². The molecule has 1 heterocycles. The Bertz CT molecular complexity index is 396. The monoisotopic (exact) mass is 328 g/mol. The molecule has 0 unspecified atom stereocenters. The predicted octanol–water partition coefficient (Wildman–Crippen LogP) is 2.42. The van der Waals surface area contributed by atoms with E-state index < -0.39 is 0 Å². The van der Waals surface area contributed by atoms with E-state index in [9.17, 15) is 14.4 Å². The molecule has 2 atom stereocenters. The molecule has 0 aromatic heterocycles. The number of likely N-dealkylation sites (tertiary alicyclic amines) is 1. The summed E-state index contributed by atoms with van der Waals surface area (Å²) < 4.78 is 4.57. The fourth-order valence-corrected chi connectivity index (χ4v) is 2.64. The number of rotatable bonds is 5. The van der Waals surface area contributed by atoms with Gasteiger partial charge in [0.15, 0.2) is 5.78 Å². The molecule has 1 aliphatic heterocycles. The van der Waals surface area contributed by atoms with Gasteiger partial charge in [-0.15, -0.1) is 0 Å². The van der Waals surface area contributed by atoms with Crippen LogP contribution in [0.4, 0.5) is 4.79 Å². The quantitative estimate of drug-likeness (QED) is 0.727. The largest absolute Gasteiger partial charge is 0.453 e. The van der Waals surface area contributed by atoms with Crippen molar-refractivity contribution in [2.45, 2.75) is 47.1 Å². The lowest BCUT2D eigenvalue weighted by Gasteiger charge is -2.28. The first-order valence-corrected chi connectivity index (χ1v) is 8.19. The number of carbonyl (C=O) groups is 3. The summed E-state index contributed by atoms with van der Waals surface area (Å²) in [5.41, 5.74) is 0. The van der Waals surface area contributed by atoms with E-state index in [4.69, 9.17) is 0 Å². The van der Waals surface area contributed by atoms with E-state index in [1.807, 2.05) is 27.7 Å². The zero-order chi connectivity index (χ0) is 18.2. The lowest BCUT2D eigenvalue weighted by atomic mass is 9.92. The van der Waals surface area contributed by atoms with Crippen molar-refractivity contribution < 1.29 is 19.1 Å². The Balaban J connectivity index is 0.000000433. The average molecular weight is 328 g/mol. The van der Waals surface area contributed by atoms with Gasteiger partial charge in [-0.3, -0.25) is 9.59 Å². The van der Waals surface area contributed by atoms with E-state index in [1.165, 1.54) is 12.0 Å². The summed E-state index contributed by atoms with van der Waals surface area (Å²) in [6, 6.07) is -0.280. The van der Waals surface area contributed by atoms with E-state index in [2.05, 4.69) is 11.7 Å². The molecule has 0 aromatic rings. The third kappa shape index (κ3) is 7.01. The summed E-state index contributed by atoms with van der Waals surface area (Å²) in [4.78, 5) is 36.3. The van der Waals surface area contributed by atoms with Crippen molar-refractivity contribution >= 4 is 18.3 Å². The molecule has 1 fully saturated rings. The smallest absolute Gasteiger partial charge is 0.409 e. The molecule has 0 aromatic carbocycles. The van der Waals surface area contributed by atoms with E-state index in [1.54, 1.807) is 11.9 Å². The van der Waals surface area contributed by atoms with E-state index in [-0.39, 0.29) is 29.8 Å². The third-order valence-electron chi connectivity index (χ3n) is 3.95. The van der Waals surface area contributed by atoms with Crippen molar-refractivity contribution in [3.8, 4) is 0 Å². The zero-order valence-corrected chi connectivity index (χ0v) is 15.5. The molecule has 0 spiro atoms. The highest BCUT2D eigenvalue weighted by Crippen LogP contribution is 2.15. The minimum atomic E-state index is -0.280. The van der Waals surface area contributed by atoms with Crippen molar-refractivity contribution in [2.75, 3.05) is 27.2 Å². The molecule has 1 saturated heterocycles. The highest BCUT2D eigenvalue weighted by atomic mass is 16.5. The molecule has 0 aliphatic carbocycles. The average Bonchev–Trinajstić information content (AvgIpc) is 2.93. The van der Waals surface area contributed by atoms with Gasteiger partial charge in [0.05, 0.1) is 13.2 Å². The number of amides is 2. The van der Waals surface area contributed by atoms with Crippen LogP contribution >= 0.6 is 0 Å². The lowest BCUT2D eigenvalue weighted by Crippen LogP contribution is -2.43. The molecular weight excluding hydrogens is 296 g/mol. The van der Waals surface area contributed by atoms with Gasteiger partial charge in [-0.2, -0.15) is 0 Å². The topological polar surface area (TPSA) is 66.9 Å². The number of Topliss-reactive ketones (excluding diaryl/α,β-unsaturated/α-hetero) is 1. The van der Waals surface area contributed by atoms with Gasteiger partial charge in [-0.05, 0) is 18.3 Å². The number of likely N-dealkylation sites (N-methyl/N-ethyl adjacent to an activating group) is 1. The number of carbonyl (C=O) groups excluding carboxylic acids is 3. The molecule has 6 heteroatoms. The fraction of sp³-hybridized carbons (Fsp3) is 0.824. The van der Waals surface area contributed by atoms with Crippen molar-refractivity contribution in [3.05, 3.63) is 0 Å².